The van der Waals surface area contributed by atoms with Crippen molar-refractivity contribution in [2.75, 3.05) is 18.1 Å². The smallest absolute Gasteiger partial charge is 0.251 e. The lowest BCUT2D eigenvalue weighted by atomic mass is 9.80. The predicted molar refractivity (Wildman–Crippen MR) is 130 cm³/mol. The van der Waals surface area contributed by atoms with Crippen molar-refractivity contribution in [1.29, 1.82) is 0 Å². The number of nitrogens with zero attached hydrogens (tertiary/aromatic N) is 2. The van der Waals surface area contributed by atoms with E-state index in [1.54, 1.807) is 13.0 Å². The number of hydrogen-bond donors (Lipinski definition) is 2. The average Bonchev–Trinajstić information content (AvgIpc) is 2.82. The van der Waals surface area contributed by atoms with Crippen molar-refractivity contribution in [3.63, 3.8) is 0 Å². The second-order valence-corrected chi connectivity index (χ2v) is 9.67. The van der Waals surface area contributed by atoms with Crippen LogP contribution in [0.3, 0.4) is 0 Å². The molecule has 0 spiro atoms. The fourth-order valence-corrected chi connectivity index (χ4v) is 5.34. The maximum absolute atomic E-state index is 13.9. The summed E-state index contributed by atoms with van der Waals surface area (Å²) in [6, 6.07) is 5.50. The van der Waals surface area contributed by atoms with Gasteiger partial charge in [0.05, 0.1) is 12.2 Å². The van der Waals surface area contributed by atoms with Gasteiger partial charge in [-0.25, -0.2) is 9.38 Å². The molecule has 3 heterocycles. The van der Waals surface area contributed by atoms with E-state index in [0.29, 0.717) is 25.2 Å². The summed E-state index contributed by atoms with van der Waals surface area (Å²) in [5, 5.41) is 6.66. The lowest BCUT2D eigenvalue weighted by Gasteiger charge is -2.45. The molecule has 8 heteroatoms. The van der Waals surface area contributed by atoms with Crippen molar-refractivity contribution in [3.05, 3.63) is 41.4 Å². The summed E-state index contributed by atoms with van der Waals surface area (Å²) in [6.07, 6.45) is 4.16. The van der Waals surface area contributed by atoms with Gasteiger partial charge in [0, 0.05) is 61.7 Å². The van der Waals surface area contributed by atoms with Crippen molar-refractivity contribution >= 4 is 23.3 Å². The van der Waals surface area contributed by atoms with Gasteiger partial charge in [0.2, 0.25) is 5.91 Å². The van der Waals surface area contributed by atoms with Crippen LogP contribution in [0.15, 0.2) is 35.2 Å². The molecule has 3 aliphatic heterocycles. The molecule has 1 unspecified atom stereocenters. The maximum atomic E-state index is 13.9. The number of hydrogen-bond acceptors (Lipinski definition) is 5. The van der Waals surface area contributed by atoms with Crippen molar-refractivity contribution in [1.82, 2.24) is 10.6 Å². The van der Waals surface area contributed by atoms with Crippen LogP contribution in [0.1, 0.15) is 75.3 Å². The molecule has 0 bridgehead atoms. The lowest BCUT2D eigenvalue weighted by molar-refractivity contribution is -0.117. The topological polar surface area (TPSA) is 83.0 Å². The third-order valence-corrected chi connectivity index (χ3v) is 7.30. The Balaban J connectivity index is 1.69. The average molecular weight is 471 g/mol. The van der Waals surface area contributed by atoms with Gasteiger partial charge in [0.1, 0.15) is 11.7 Å². The Labute approximate surface area is 200 Å². The molecule has 2 N–H and O–H groups in total. The zero-order chi connectivity index (χ0) is 24.4. The molecule has 184 valence electrons. The molecule has 4 atom stereocenters. The number of carbonyl (C=O) groups is 2. The Morgan fingerprint density at radius 1 is 1.24 bits per heavy atom. The van der Waals surface area contributed by atoms with Crippen molar-refractivity contribution in [3.8, 4) is 0 Å². The number of amidine groups is 1. The van der Waals surface area contributed by atoms with E-state index in [4.69, 9.17) is 4.74 Å². The molecule has 4 rings (SSSR count). The second kappa shape index (κ2) is 10.3. The summed E-state index contributed by atoms with van der Waals surface area (Å²) in [4.78, 5) is 31.9. The molecule has 0 aliphatic carbocycles. The maximum Gasteiger partial charge on any atom is 0.251 e. The summed E-state index contributed by atoms with van der Waals surface area (Å²) in [7, 11) is 0. The number of aliphatic imine (C=N–C) groups is 1. The minimum Gasteiger partial charge on any atom is -0.381 e. The number of benzene rings is 1. The second-order valence-electron chi connectivity index (χ2n) is 9.67. The third-order valence-electron chi connectivity index (χ3n) is 7.30. The number of anilines is 1. The van der Waals surface area contributed by atoms with E-state index in [0.717, 1.165) is 36.3 Å². The van der Waals surface area contributed by atoms with Gasteiger partial charge in [0.15, 0.2) is 0 Å². The molecule has 7 nitrogen and oxygen atoms in total. The normalized spacial score (nSPS) is 27.4. The van der Waals surface area contributed by atoms with Gasteiger partial charge in [-0.2, -0.15) is 0 Å². The van der Waals surface area contributed by atoms with Gasteiger partial charge in [-0.15, -0.1) is 0 Å². The number of fused-ring (bicyclic) bond motifs is 1. The SMILES string of the molecule is CC[C@H]1[C@H](C)[C@@H](NC2=NC=C(F)C(C)C2)c2cc(C(=O)NC3CCOCC3)ccc2N1C(C)=O. The predicted octanol–water partition coefficient (Wildman–Crippen LogP) is 4.26. The van der Waals surface area contributed by atoms with E-state index in [1.807, 2.05) is 24.0 Å². The molecule has 1 aromatic carbocycles. The molecular formula is C26H35FN4O3. The van der Waals surface area contributed by atoms with Crippen molar-refractivity contribution in [2.45, 2.75) is 71.5 Å². The van der Waals surface area contributed by atoms with Gasteiger partial charge < -0.3 is 20.3 Å². The molecular weight excluding hydrogens is 435 g/mol. The molecule has 2 amide bonds. The highest BCUT2D eigenvalue weighted by Crippen LogP contribution is 2.42. The Hall–Kier alpha value is -2.74. The molecule has 0 aromatic heterocycles. The number of amides is 2. The summed E-state index contributed by atoms with van der Waals surface area (Å²) < 4.78 is 19.3. The van der Waals surface area contributed by atoms with Crippen LogP contribution in [0.25, 0.3) is 0 Å². The largest absolute Gasteiger partial charge is 0.381 e. The van der Waals surface area contributed by atoms with E-state index in [9.17, 15) is 14.0 Å². The zero-order valence-corrected chi connectivity index (χ0v) is 20.4. The van der Waals surface area contributed by atoms with E-state index in [2.05, 4.69) is 29.5 Å². The van der Waals surface area contributed by atoms with Crippen LogP contribution in [-0.2, 0) is 9.53 Å². The fraction of sp³-hybridized carbons (Fsp3) is 0.577. The Morgan fingerprint density at radius 2 is 1.97 bits per heavy atom. The first-order chi connectivity index (χ1) is 16.3. The molecule has 1 saturated heterocycles. The third kappa shape index (κ3) is 4.87. The zero-order valence-electron chi connectivity index (χ0n) is 20.4. The molecule has 0 saturated carbocycles. The van der Waals surface area contributed by atoms with Crippen molar-refractivity contribution < 1.29 is 18.7 Å². The lowest BCUT2D eigenvalue weighted by Crippen LogP contribution is -2.52. The highest BCUT2D eigenvalue weighted by Gasteiger charge is 2.40. The van der Waals surface area contributed by atoms with Crippen LogP contribution < -0.4 is 15.5 Å². The molecule has 34 heavy (non-hydrogen) atoms. The van der Waals surface area contributed by atoms with Gasteiger partial charge in [0.25, 0.3) is 5.91 Å². The Kier molecular flexibility index (Phi) is 7.36. The monoisotopic (exact) mass is 470 g/mol. The van der Waals surface area contributed by atoms with Gasteiger partial charge in [-0.3, -0.25) is 9.59 Å². The summed E-state index contributed by atoms with van der Waals surface area (Å²) >= 11 is 0. The fourth-order valence-electron chi connectivity index (χ4n) is 5.34. The first-order valence-electron chi connectivity index (χ1n) is 12.3. The summed E-state index contributed by atoms with van der Waals surface area (Å²) in [6.45, 7) is 8.92. The summed E-state index contributed by atoms with van der Waals surface area (Å²) in [5.74, 6) is 0.187. The number of allylic oxidation sites excluding steroid dienone is 1. The molecule has 1 fully saturated rings. The Morgan fingerprint density at radius 3 is 2.62 bits per heavy atom. The van der Waals surface area contributed by atoms with E-state index < -0.39 is 0 Å². The minimum absolute atomic E-state index is 0.00157. The van der Waals surface area contributed by atoms with E-state index in [1.165, 1.54) is 6.20 Å². The van der Waals surface area contributed by atoms with Crippen LogP contribution >= 0.6 is 0 Å². The van der Waals surface area contributed by atoms with Crippen LogP contribution in [0.2, 0.25) is 0 Å². The van der Waals surface area contributed by atoms with E-state index >= 15 is 0 Å². The number of rotatable bonds is 4. The van der Waals surface area contributed by atoms with E-state index in [-0.39, 0.29) is 47.6 Å². The first kappa shape index (κ1) is 24.4. The molecule has 3 aliphatic rings. The van der Waals surface area contributed by atoms with Gasteiger partial charge >= 0.3 is 0 Å². The Bertz CT molecular complexity index is 1000. The summed E-state index contributed by atoms with van der Waals surface area (Å²) in [5.41, 5.74) is 2.26. The van der Waals surface area contributed by atoms with Gasteiger partial charge in [-0.05, 0) is 43.0 Å². The number of ether oxygens (including phenoxy) is 1. The van der Waals surface area contributed by atoms with Crippen LogP contribution in [0.5, 0.6) is 0 Å². The quantitative estimate of drug-likeness (QED) is 0.689. The molecule has 0 radical (unpaired) electrons. The number of carbonyl (C=O) groups excluding carboxylic acids is 2. The van der Waals surface area contributed by atoms with Crippen LogP contribution in [0.4, 0.5) is 10.1 Å². The molecule has 1 aromatic rings. The number of halogens is 1. The first-order valence-corrected chi connectivity index (χ1v) is 12.3. The van der Waals surface area contributed by atoms with Crippen molar-refractivity contribution in [2.24, 2.45) is 16.8 Å². The highest BCUT2D eigenvalue weighted by molar-refractivity contribution is 5.98. The number of nitrogens with one attached hydrogen (secondary N) is 2. The van der Waals surface area contributed by atoms with Gasteiger partial charge in [-0.1, -0.05) is 20.8 Å². The van der Waals surface area contributed by atoms with Crippen LogP contribution in [0, 0.1) is 11.8 Å². The highest BCUT2D eigenvalue weighted by atomic mass is 19.1. The van der Waals surface area contributed by atoms with Crippen LogP contribution in [-0.4, -0.2) is 42.9 Å². The minimum atomic E-state index is -0.231. The standard InChI is InChI=1S/C26H35FN4O3/c1-5-22-16(3)25(30-24-12-15(2)21(27)14-28-24)20-13-18(6-7-23(20)31(22)17(4)32)26(33)29-19-8-10-34-11-9-19/h6-7,13-16,19,22,25H,5,8-12H2,1-4H3,(H,28,30)(H,29,33)/t15?,16-,22-,25+/m0/s1.